The highest BCUT2D eigenvalue weighted by atomic mass is 19.1. The Morgan fingerprint density at radius 2 is 1.70 bits per heavy atom. The van der Waals surface area contributed by atoms with Crippen LogP contribution in [0.1, 0.15) is 35.1 Å². The molecule has 0 aliphatic carbocycles. The van der Waals surface area contributed by atoms with E-state index in [0.29, 0.717) is 36.3 Å². The smallest absolute Gasteiger partial charge is 0.417 e. The van der Waals surface area contributed by atoms with Gasteiger partial charge < -0.3 is 14.4 Å². The summed E-state index contributed by atoms with van der Waals surface area (Å²) in [4.78, 5) is 29.7. The van der Waals surface area contributed by atoms with Gasteiger partial charge in [0.1, 0.15) is 24.0 Å². The SMILES string of the molecule is Cc1cc(CCCN(C)CC[C@@H](Oc2ccc(F)c(C)c2)C(=O)N2C(=O)OC[C@@H]2Cc2ccccc2)ccc1F. The number of rotatable bonds is 12. The van der Waals surface area contributed by atoms with Gasteiger partial charge in [0.2, 0.25) is 0 Å². The van der Waals surface area contributed by atoms with Crippen LogP contribution in [0.5, 0.6) is 5.75 Å². The molecule has 4 rings (SSSR count). The summed E-state index contributed by atoms with van der Waals surface area (Å²) in [5.74, 6) is -0.683. The summed E-state index contributed by atoms with van der Waals surface area (Å²) in [6.45, 7) is 4.79. The van der Waals surface area contributed by atoms with Gasteiger partial charge in [0.15, 0.2) is 6.10 Å². The second-order valence-corrected chi connectivity index (χ2v) is 10.4. The number of benzene rings is 3. The number of carbonyl (C=O) groups excluding carboxylic acids is 2. The molecule has 6 nitrogen and oxygen atoms in total. The molecule has 3 aromatic carbocycles. The second-order valence-electron chi connectivity index (χ2n) is 10.4. The zero-order valence-electron chi connectivity index (χ0n) is 23.2. The summed E-state index contributed by atoms with van der Waals surface area (Å²) < 4.78 is 38.8. The first-order valence-electron chi connectivity index (χ1n) is 13.6. The molecule has 0 unspecified atom stereocenters. The molecule has 0 spiro atoms. The zero-order valence-corrected chi connectivity index (χ0v) is 23.2. The molecular weight excluding hydrogens is 514 g/mol. The second kappa shape index (κ2) is 13.5. The molecule has 0 aromatic heterocycles. The summed E-state index contributed by atoms with van der Waals surface area (Å²) >= 11 is 0. The zero-order chi connectivity index (χ0) is 28.6. The third-order valence-electron chi connectivity index (χ3n) is 7.20. The van der Waals surface area contributed by atoms with E-state index in [-0.39, 0.29) is 18.2 Å². The number of imide groups is 1. The van der Waals surface area contributed by atoms with Crippen molar-refractivity contribution in [3.63, 3.8) is 0 Å². The Hall–Kier alpha value is -3.78. The van der Waals surface area contributed by atoms with Gasteiger partial charge >= 0.3 is 6.09 Å². The number of hydrogen-bond donors (Lipinski definition) is 0. The summed E-state index contributed by atoms with van der Waals surface area (Å²) in [6, 6.07) is 18.7. The van der Waals surface area contributed by atoms with Crippen molar-refractivity contribution in [2.45, 2.75) is 51.7 Å². The minimum atomic E-state index is -0.962. The van der Waals surface area contributed by atoms with E-state index in [1.54, 1.807) is 26.0 Å². The topological polar surface area (TPSA) is 59.1 Å². The molecule has 40 heavy (non-hydrogen) atoms. The molecule has 1 fully saturated rings. The molecule has 1 aliphatic heterocycles. The van der Waals surface area contributed by atoms with Crippen molar-refractivity contribution in [1.82, 2.24) is 9.80 Å². The van der Waals surface area contributed by atoms with E-state index in [2.05, 4.69) is 4.90 Å². The lowest BCUT2D eigenvalue weighted by atomic mass is 10.0. The van der Waals surface area contributed by atoms with Crippen LogP contribution in [-0.2, 0) is 22.4 Å². The van der Waals surface area contributed by atoms with Gasteiger partial charge in [-0.25, -0.2) is 18.5 Å². The summed E-state index contributed by atoms with van der Waals surface area (Å²) in [7, 11) is 1.96. The number of cyclic esters (lactones) is 1. The van der Waals surface area contributed by atoms with Gasteiger partial charge in [0.05, 0.1) is 6.04 Å². The number of nitrogens with zero attached hydrogens (tertiary/aromatic N) is 2. The van der Waals surface area contributed by atoms with E-state index in [1.807, 2.05) is 43.4 Å². The van der Waals surface area contributed by atoms with Crippen LogP contribution in [0.15, 0.2) is 66.7 Å². The van der Waals surface area contributed by atoms with Crippen molar-refractivity contribution in [3.8, 4) is 5.75 Å². The first-order chi connectivity index (χ1) is 19.2. The van der Waals surface area contributed by atoms with Crippen LogP contribution in [0.4, 0.5) is 13.6 Å². The molecule has 0 N–H and O–H groups in total. The van der Waals surface area contributed by atoms with Crippen molar-refractivity contribution in [1.29, 1.82) is 0 Å². The van der Waals surface area contributed by atoms with Gasteiger partial charge in [-0.1, -0.05) is 42.5 Å². The number of carbonyl (C=O) groups is 2. The largest absolute Gasteiger partial charge is 0.481 e. The summed E-state index contributed by atoms with van der Waals surface area (Å²) in [5, 5.41) is 0. The minimum Gasteiger partial charge on any atom is -0.481 e. The van der Waals surface area contributed by atoms with E-state index in [9.17, 15) is 18.4 Å². The van der Waals surface area contributed by atoms with Crippen LogP contribution in [0.2, 0.25) is 0 Å². The fourth-order valence-electron chi connectivity index (χ4n) is 4.87. The molecule has 1 aliphatic rings. The van der Waals surface area contributed by atoms with Gasteiger partial charge in [-0.15, -0.1) is 0 Å². The normalized spacial score (nSPS) is 15.8. The highest BCUT2D eigenvalue weighted by Crippen LogP contribution is 2.23. The van der Waals surface area contributed by atoms with Crippen molar-refractivity contribution in [3.05, 3.63) is 101 Å². The minimum absolute atomic E-state index is 0.116. The Labute approximate surface area is 234 Å². The maximum absolute atomic E-state index is 13.9. The van der Waals surface area contributed by atoms with Gasteiger partial charge in [-0.2, -0.15) is 0 Å². The molecule has 2 atom stereocenters. The highest BCUT2D eigenvalue weighted by Gasteiger charge is 2.41. The van der Waals surface area contributed by atoms with E-state index in [4.69, 9.17) is 9.47 Å². The molecule has 0 saturated carbocycles. The molecule has 1 heterocycles. The van der Waals surface area contributed by atoms with E-state index < -0.39 is 24.1 Å². The molecule has 2 amide bonds. The van der Waals surface area contributed by atoms with Crippen LogP contribution in [0.25, 0.3) is 0 Å². The number of halogens is 2. The molecule has 8 heteroatoms. The maximum Gasteiger partial charge on any atom is 0.417 e. The van der Waals surface area contributed by atoms with Crippen LogP contribution in [-0.4, -0.2) is 60.7 Å². The number of hydrogen-bond acceptors (Lipinski definition) is 5. The Morgan fingerprint density at radius 1 is 1.00 bits per heavy atom. The summed E-state index contributed by atoms with van der Waals surface area (Å²) in [6.07, 6.45) is 0.816. The number of ether oxygens (including phenoxy) is 2. The predicted octanol–water partition coefficient (Wildman–Crippen LogP) is 5.87. The number of amides is 2. The lowest BCUT2D eigenvalue weighted by molar-refractivity contribution is -0.137. The average molecular weight is 551 g/mol. The maximum atomic E-state index is 13.9. The fourth-order valence-corrected chi connectivity index (χ4v) is 4.87. The van der Waals surface area contributed by atoms with E-state index in [1.165, 1.54) is 23.1 Å². The molecular formula is C32H36F2N2O4. The standard InChI is InChI=1S/C32H36F2N2O4/c1-22-18-25(11-13-28(22)33)10-7-16-35(3)17-15-30(40-27-12-14-29(34)23(2)19-27)31(37)36-26(21-39-32(36)38)20-24-8-5-4-6-9-24/h4-6,8-9,11-14,18-19,26,30H,7,10,15-17,20-21H2,1-3H3/t26-,30+/m0/s1. The third-order valence-corrected chi connectivity index (χ3v) is 7.20. The molecule has 3 aromatic rings. The quantitative estimate of drug-likeness (QED) is 0.282. The monoisotopic (exact) mass is 550 g/mol. The molecule has 0 radical (unpaired) electrons. The molecule has 212 valence electrons. The average Bonchev–Trinajstić information content (AvgIpc) is 3.30. The van der Waals surface area contributed by atoms with Gasteiger partial charge in [-0.3, -0.25) is 4.79 Å². The first kappa shape index (κ1) is 29.2. The third kappa shape index (κ3) is 7.66. The van der Waals surface area contributed by atoms with Crippen LogP contribution < -0.4 is 4.74 Å². The Morgan fingerprint density at radius 3 is 2.40 bits per heavy atom. The molecule has 1 saturated heterocycles. The van der Waals surface area contributed by atoms with Crippen LogP contribution in [0.3, 0.4) is 0 Å². The van der Waals surface area contributed by atoms with Gasteiger partial charge in [0, 0.05) is 13.0 Å². The van der Waals surface area contributed by atoms with Crippen molar-refractivity contribution >= 4 is 12.0 Å². The lowest BCUT2D eigenvalue weighted by Crippen LogP contribution is -2.48. The van der Waals surface area contributed by atoms with Crippen molar-refractivity contribution in [2.75, 3.05) is 26.7 Å². The van der Waals surface area contributed by atoms with Crippen molar-refractivity contribution < 1.29 is 27.8 Å². The first-order valence-corrected chi connectivity index (χ1v) is 13.6. The Balaban J connectivity index is 1.42. The Bertz CT molecular complexity index is 1320. The Kier molecular flexibility index (Phi) is 9.88. The van der Waals surface area contributed by atoms with Crippen molar-refractivity contribution in [2.24, 2.45) is 0 Å². The lowest BCUT2D eigenvalue weighted by Gasteiger charge is -2.27. The van der Waals surface area contributed by atoms with Gasteiger partial charge in [-0.05, 0) is 93.2 Å². The molecule has 0 bridgehead atoms. The predicted molar refractivity (Wildman–Crippen MR) is 149 cm³/mol. The fraction of sp³-hybridized carbons (Fsp3) is 0.375. The summed E-state index contributed by atoms with van der Waals surface area (Å²) in [5.41, 5.74) is 3.10. The van der Waals surface area contributed by atoms with Crippen LogP contribution >= 0.6 is 0 Å². The van der Waals surface area contributed by atoms with E-state index >= 15 is 0 Å². The van der Waals surface area contributed by atoms with Crippen LogP contribution in [0, 0.1) is 25.5 Å². The van der Waals surface area contributed by atoms with E-state index in [0.717, 1.165) is 30.5 Å². The number of aryl methyl sites for hydroxylation is 3. The van der Waals surface area contributed by atoms with Gasteiger partial charge in [0.25, 0.3) is 5.91 Å². The highest BCUT2D eigenvalue weighted by molar-refractivity contribution is 5.96.